The lowest BCUT2D eigenvalue weighted by molar-refractivity contribution is -0.154. The number of benzene rings is 2. The van der Waals surface area contributed by atoms with Crippen LogP contribution in [0.15, 0.2) is 36.4 Å². The van der Waals surface area contributed by atoms with Crippen LogP contribution in [0.3, 0.4) is 0 Å². The van der Waals surface area contributed by atoms with Crippen LogP contribution in [0.4, 0.5) is 14.4 Å². The van der Waals surface area contributed by atoms with Gasteiger partial charge in [0, 0.05) is 61.8 Å². The third kappa shape index (κ3) is 27.3. The molecule has 0 saturated carbocycles. The number of ether oxygens (including phenoxy) is 4. The number of alkyl carbamates (subject to hydrolysis) is 3. The van der Waals surface area contributed by atoms with Gasteiger partial charge in [0.2, 0.25) is 0 Å². The zero-order valence-electron chi connectivity index (χ0n) is 41.2. The normalized spacial score (nSPS) is 11.5. The summed E-state index contributed by atoms with van der Waals surface area (Å²) in [6.07, 6.45) is -0.872. The molecule has 0 aromatic heterocycles. The third-order valence-corrected chi connectivity index (χ3v) is 7.72. The van der Waals surface area contributed by atoms with Gasteiger partial charge in [-0.15, -0.1) is 0 Å². The zero-order valence-corrected chi connectivity index (χ0v) is 41.2. The summed E-state index contributed by atoms with van der Waals surface area (Å²) in [5, 5.41) is 13.6. The maximum atomic E-state index is 12.8. The second kappa shape index (κ2) is 25.5. The molecule has 0 radical (unpaired) electrons. The minimum Gasteiger partial charge on any atom is -0.460 e. The van der Waals surface area contributed by atoms with Crippen molar-refractivity contribution in [3.8, 4) is 11.8 Å². The third-order valence-electron chi connectivity index (χ3n) is 7.72. The number of carbonyl (C=O) groups excluding carboxylic acids is 6. The zero-order chi connectivity index (χ0) is 49.1. The van der Waals surface area contributed by atoms with Crippen molar-refractivity contribution >= 4 is 36.1 Å². The molecule has 2 rings (SSSR count). The predicted octanol–water partition coefficient (Wildman–Crippen LogP) is 8.66. The van der Waals surface area contributed by atoms with Gasteiger partial charge in [0.1, 0.15) is 22.4 Å². The fourth-order valence-electron chi connectivity index (χ4n) is 5.18. The molecular weight excluding hydrogens is 819 g/mol. The Morgan fingerprint density at radius 1 is 0.516 bits per heavy atom. The molecule has 356 valence electrons. The molecule has 0 spiro atoms. The lowest BCUT2D eigenvalue weighted by Crippen LogP contribution is -2.38. The van der Waals surface area contributed by atoms with Crippen molar-refractivity contribution in [2.45, 2.75) is 165 Å². The summed E-state index contributed by atoms with van der Waals surface area (Å²) in [6.45, 7) is 31.1. The molecule has 15 heteroatoms. The van der Waals surface area contributed by atoms with Crippen LogP contribution in [-0.2, 0) is 36.8 Å². The van der Waals surface area contributed by atoms with Gasteiger partial charge in [0.15, 0.2) is 0 Å². The van der Waals surface area contributed by atoms with Gasteiger partial charge in [-0.1, -0.05) is 57.7 Å². The van der Waals surface area contributed by atoms with E-state index in [1.165, 1.54) is 6.07 Å². The Morgan fingerprint density at radius 3 is 1.33 bits per heavy atom. The van der Waals surface area contributed by atoms with Crippen molar-refractivity contribution in [1.29, 1.82) is 0 Å². The highest BCUT2D eigenvalue weighted by Gasteiger charge is 2.20. The van der Waals surface area contributed by atoms with Crippen LogP contribution < -0.4 is 26.6 Å². The van der Waals surface area contributed by atoms with Crippen molar-refractivity contribution in [2.24, 2.45) is 5.92 Å². The van der Waals surface area contributed by atoms with Gasteiger partial charge in [-0.05, 0) is 130 Å². The first-order valence-electron chi connectivity index (χ1n) is 21.8. The smallest absolute Gasteiger partial charge is 0.407 e. The minimum atomic E-state index is -0.614. The number of amides is 5. The number of esters is 1. The van der Waals surface area contributed by atoms with E-state index >= 15 is 0 Å². The molecule has 0 aliphatic carbocycles. The monoisotopic (exact) mass is 894 g/mol. The summed E-state index contributed by atoms with van der Waals surface area (Å²) in [5.41, 5.74) is 1.89. The Balaban J connectivity index is 0.000000672. The van der Waals surface area contributed by atoms with E-state index < -0.39 is 46.6 Å². The summed E-state index contributed by atoms with van der Waals surface area (Å²) in [7, 11) is 0. The molecule has 0 saturated heterocycles. The van der Waals surface area contributed by atoms with Crippen LogP contribution in [0, 0.1) is 17.8 Å². The summed E-state index contributed by atoms with van der Waals surface area (Å²) >= 11 is 0. The first-order chi connectivity index (χ1) is 29.3. The van der Waals surface area contributed by atoms with Crippen molar-refractivity contribution in [1.82, 2.24) is 26.6 Å². The predicted molar refractivity (Wildman–Crippen MR) is 249 cm³/mol. The molecule has 2 aromatic rings. The molecule has 0 bridgehead atoms. The number of rotatable bonds is 14. The van der Waals surface area contributed by atoms with E-state index in [2.05, 4.69) is 64.4 Å². The molecule has 0 aliphatic rings. The summed E-state index contributed by atoms with van der Waals surface area (Å²) in [5.74, 6) is 5.36. The van der Waals surface area contributed by atoms with Crippen molar-refractivity contribution in [3.05, 3.63) is 69.8 Å². The quantitative estimate of drug-likeness (QED) is 0.0529. The lowest BCUT2D eigenvalue weighted by atomic mass is 9.97. The highest BCUT2D eigenvalue weighted by Crippen LogP contribution is 2.20. The van der Waals surface area contributed by atoms with E-state index in [0.29, 0.717) is 31.0 Å². The van der Waals surface area contributed by atoms with Crippen molar-refractivity contribution in [3.63, 3.8) is 0 Å². The maximum Gasteiger partial charge on any atom is 0.407 e. The van der Waals surface area contributed by atoms with Crippen LogP contribution in [-0.4, -0.2) is 78.1 Å². The number of carbonyl (C=O) groups is 6. The van der Waals surface area contributed by atoms with Gasteiger partial charge in [-0.3, -0.25) is 14.4 Å². The Hall–Kier alpha value is -5.78. The highest BCUT2D eigenvalue weighted by molar-refractivity contribution is 6.00. The maximum absolute atomic E-state index is 12.8. The van der Waals surface area contributed by atoms with Gasteiger partial charge in [-0.25, -0.2) is 14.4 Å². The Bertz CT molecular complexity index is 1840. The Labute approximate surface area is 381 Å². The average molecular weight is 894 g/mol. The van der Waals surface area contributed by atoms with E-state index in [-0.39, 0.29) is 55.0 Å². The van der Waals surface area contributed by atoms with Crippen LogP contribution in [0.2, 0.25) is 0 Å². The summed E-state index contributed by atoms with van der Waals surface area (Å²) in [4.78, 5) is 72.8. The standard InChI is InChI=1S/C28H41N3O6.C21H34N2O4/c1-19(2)11-12-20-16-21(24(33)29-13-9-10-23(32)36-27(3,4)5)18-22(17-20)25(34)30-14-15-31-26(35)37-28(6,7)8;1-14(2)17-10-15(12-22-18(24)26-20(3,4)5)9-16(11-17)13-23-19(25)27-21(6,7)8/h16-19H,9-10,13-15H2,1-8H3,(H,29,33)(H,30,34)(H,31,35);9-11,14H,12-13H2,1-8H3,(H,22,24)(H,23,25). The average Bonchev–Trinajstić information content (AvgIpc) is 3.13. The second-order valence-corrected chi connectivity index (χ2v) is 19.8. The van der Waals surface area contributed by atoms with E-state index in [4.69, 9.17) is 18.9 Å². The van der Waals surface area contributed by atoms with Crippen LogP contribution in [0.1, 0.15) is 173 Å². The fraction of sp³-hybridized carbons (Fsp3) is 0.592. The first-order valence-corrected chi connectivity index (χ1v) is 21.8. The first kappa shape index (κ1) is 56.2. The molecular formula is C49H75N5O10. The Kier molecular flexibility index (Phi) is 22.4. The number of nitrogens with one attached hydrogen (secondary N) is 5. The van der Waals surface area contributed by atoms with E-state index in [1.54, 1.807) is 53.7 Å². The molecule has 0 unspecified atom stereocenters. The fourth-order valence-corrected chi connectivity index (χ4v) is 5.18. The van der Waals surface area contributed by atoms with E-state index in [1.807, 2.05) is 61.5 Å². The van der Waals surface area contributed by atoms with E-state index in [9.17, 15) is 28.8 Å². The highest BCUT2D eigenvalue weighted by atomic mass is 16.6. The van der Waals surface area contributed by atoms with Crippen LogP contribution in [0.25, 0.3) is 0 Å². The van der Waals surface area contributed by atoms with Gasteiger partial charge in [-0.2, -0.15) is 0 Å². The summed E-state index contributed by atoms with van der Waals surface area (Å²) in [6, 6.07) is 10.8. The molecule has 0 heterocycles. The van der Waals surface area contributed by atoms with Crippen molar-refractivity contribution in [2.75, 3.05) is 19.6 Å². The van der Waals surface area contributed by atoms with Gasteiger partial charge in [0.05, 0.1) is 0 Å². The topological polar surface area (TPSA) is 199 Å². The number of hydrogen-bond acceptors (Lipinski definition) is 10. The van der Waals surface area contributed by atoms with Crippen LogP contribution in [0.5, 0.6) is 0 Å². The molecule has 0 aliphatic heterocycles. The Morgan fingerprint density at radius 2 is 0.922 bits per heavy atom. The van der Waals surface area contributed by atoms with Gasteiger partial charge in [0.25, 0.3) is 11.8 Å². The molecule has 15 nitrogen and oxygen atoms in total. The SMILES string of the molecule is CC(C)C#Cc1cc(C(=O)NCCCC(=O)OC(C)(C)C)cc(C(=O)NCCNC(=O)OC(C)(C)C)c1.CC(C)c1cc(CNC(=O)OC(C)(C)C)cc(CNC(=O)OC(C)(C)C)c1. The molecule has 5 amide bonds. The summed E-state index contributed by atoms with van der Waals surface area (Å²) < 4.78 is 21.0. The lowest BCUT2D eigenvalue weighted by Gasteiger charge is -2.20. The number of hydrogen-bond donors (Lipinski definition) is 5. The molecule has 0 atom stereocenters. The van der Waals surface area contributed by atoms with E-state index in [0.717, 1.165) is 16.7 Å². The molecule has 5 N–H and O–H groups in total. The van der Waals surface area contributed by atoms with Gasteiger partial charge < -0.3 is 45.5 Å². The van der Waals surface area contributed by atoms with Gasteiger partial charge >= 0.3 is 24.2 Å². The second-order valence-electron chi connectivity index (χ2n) is 19.8. The molecule has 64 heavy (non-hydrogen) atoms. The van der Waals surface area contributed by atoms with Crippen LogP contribution >= 0.6 is 0 Å². The molecule has 0 fully saturated rings. The minimum absolute atomic E-state index is 0.113. The molecule has 2 aromatic carbocycles. The largest absolute Gasteiger partial charge is 0.460 e. The van der Waals surface area contributed by atoms with Crippen molar-refractivity contribution < 1.29 is 47.7 Å².